The van der Waals surface area contributed by atoms with Crippen molar-refractivity contribution in [2.24, 2.45) is 0 Å². The number of imide groups is 1. The first-order chi connectivity index (χ1) is 16.2. The monoisotopic (exact) mass is 533 g/mol. The lowest BCUT2D eigenvalue weighted by Crippen LogP contribution is -2.66. The van der Waals surface area contributed by atoms with Crippen molar-refractivity contribution in [3.05, 3.63) is 101 Å². The molecule has 0 saturated heterocycles. The van der Waals surface area contributed by atoms with Gasteiger partial charge in [0, 0.05) is 12.7 Å². The molecule has 3 aromatic rings. The molecule has 6 heteroatoms. The standard InChI is InChI=1S/C28H28BrNO3Si/c1-28(2,3)34(23-10-6-4-7-11-23,24-12-8-5-9-13-24)33-19-18-21-14-16-22(17-15-21)30-26(31)20-25(29)27(30)32/h4-17,20H,18-19H2,1-3H3. The number of amides is 2. The topological polar surface area (TPSA) is 46.6 Å². The highest BCUT2D eigenvalue weighted by atomic mass is 79.9. The van der Waals surface area contributed by atoms with Gasteiger partial charge in [-0.15, -0.1) is 0 Å². The second-order valence-corrected chi connectivity index (χ2v) is 14.6. The van der Waals surface area contributed by atoms with E-state index in [2.05, 4.69) is 85.2 Å². The quantitative estimate of drug-likeness (QED) is 0.318. The fourth-order valence-corrected chi connectivity index (χ4v) is 9.52. The van der Waals surface area contributed by atoms with E-state index in [0.29, 0.717) is 12.3 Å². The van der Waals surface area contributed by atoms with Crippen LogP contribution in [-0.2, 0) is 20.4 Å². The van der Waals surface area contributed by atoms with Crippen LogP contribution in [0.4, 0.5) is 5.69 Å². The average molecular weight is 535 g/mol. The Morgan fingerprint density at radius 1 is 0.824 bits per heavy atom. The average Bonchev–Trinajstić information content (AvgIpc) is 3.08. The van der Waals surface area contributed by atoms with Crippen LogP contribution in [0.15, 0.2) is 95.5 Å². The van der Waals surface area contributed by atoms with Gasteiger partial charge in [-0.25, -0.2) is 4.90 Å². The highest BCUT2D eigenvalue weighted by molar-refractivity contribution is 9.12. The van der Waals surface area contributed by atoms with Crippen LogP contribution >= 0.6 is 15.9 Å². The van der Waals surface area contributed by atoms with Crippen molar-refractivity contribution < 1.29 is 14.0 Å². The lowest BCUT2D eigenvalue weighted by Gasteiger charge is -2.43. The third-order valence-electron chi connectivity index (χ3n) is 6.20. The van der Waals surface area contributed by atoms with E-state index in [1.54, 1.807) is 0 Å². The Morgan fingerprint density at radius 3 is 1.79 bits per heavy atom. The Bertz CT molecular complexity index is 1160. The molecule has 0 bridgehead atoms. The Balaban J connectivity index is 1.56. The highest BCUT2D eigenvalue weighted by Crippen LogP contribution is 2.36. The van der Waals surface area contributed by atoms with Crippen LogP contribution < -0.4 is 15.3 Å². The zero-order valence-corrected chi connectivity index (χ0v) is 22.2. The van der Waals surface area contributed by atoms with Gasteiger partial charge in [0.2, 0.25) is 0 Å². The van der Waals surface area contributed by atoms with Gasteiger partial charge in [0.25, 0.3) is 20.1 Å². The van der Waals surface area contributed by atoms with E-state index < -0.39 is 8.32 Å². The molecule has 0 N–H and O–H groups in total. The molecule has 4 rings (SSSR count). The predicted octanol–water partition coefficient (Wildman–Crippen LogP) is 4.96. The first kappa shape index (κ1) is 24.3. The van der Waals surface area contributed by atoms with Gasteiger partial charge in [-0.05, 0) is 55.5 Å². The van der Waals surface area contributed by atoms with Crippen molar-refractivity contribution >= 4 is 52.1 Å². The molecule has 0 fully saturated rings. The maximum atomic E-state index is 12.2. The van der Waals surface area contributed by atoms with Crippen LogP contribution in [-0.4, -0.2) is 26.7 Å². The number of rotatable bonds is 7. The van der Waals surface area contributed by atoms with Crippen LogP contribution in [0.3, 0.4) is 0 Å². The number of carbonyl (C=O) groups is 2. The van der Waals surface area contributed by atoms with Crippen molar-refractivity contribution in [3.63, 3.8) is 0 Å². The molecule has 2 amide bonds. The largest absolute Gasteiger partial charge is 0.407 e. The molecule has 1 heterocycles. The molecule has 0 radical (unpaired) electrons. The first-order valence-corrected chi connectivity index (χ1v) is 14.0. The summed E-state index contributed by atoms with van der Waals surface area (Å²) in [6.07, 6.45) is 2.03. The van der Waals surface area contributed by atoms with E-state index in [4.69, 9.17) is 4.43 Å². The molecule has 0 unspecified atom stereocenters. The molecule has 0 spiro atoms. The van der Waals surface area contributed by atoms with E-state index in [1.807, 2.05) is 36.4 Å². The van der Waals surface area contributed by atoms with E-state index in [1.165, 1.54) is 21.3 Å². The number of benzene rings is 3. The van der Waals surface area contributed by atoms with E-state index in [-0.39, 0.29) is 21.3 Å². The molecule has 3 aromatic carbocycles. The van der Waals surface area contributed by atoms with E-state index in [9.17, 15) is 9.59 Å². The fourth-order valence-electron chi connectivity index (χ4n) is 4.58. The van der Waals surface area contributed by atoms with Crippen LogP contribution in [0, 0.1) is 0 Å². The summed E-state index contributed by atoms with van der Waals surface area (Å²) in [4.78, 5) is 25.5. The van der Waals surface area contributed by atoms with E-state index >= 15 is 0 Å². The molecular weight excluding hydrogens is 506 g/mol. The number of hydrogen-bond donors (Lipinski definition) is 0. The number of halogens is 1. The zero-order chi connectivity index (χ0) is 24.3. The fraction of sp³-hybridized carbons (Fsp3) is 0.214. The number of nitrogens with zero attached hydrogens (tertiary/aromatic N) is 1. The second-order valence-electron chi connectivity index (χ2n) is 9.40. The van der Waals surface area contributed by atoms with Gasteiger partial charge >= 0.3 is 0 Å². The minimum atomic E-state index is -2.57. The summed E-state index contributed by atoms with van der Waals surface area (Å²) >= 11 is 3.14. The molecule has 0 aromatic heterocycles. The lowest BCUT2D eigenvalue weighted by molar-refractivity contribution is -0.120. The van der Waals surface area contributed by atoms with Crippen molar-refractivity contribution in [2.45, 2.75) is 32.2 Å². The summed E-state index contributed by atoms with van der Waals surface area (Å²) in [6.45, 7) is 7.38. The van der Waals surface area contributed by atoms with Gasteiger partial charge in [0.1, 0.15) is 0 Å². The van der Waals surface area contributed by atoms with Gasteiger partial charge < -0.3 is 4.43 Å². The summed E-state index contributed by atoms with van der Waals surface area (Å²) in [5, 5.41) is 2.44. The molecular formula is C28H28BrNO3Si. The van der Waals surface area contributed by atoms with Crippen LogP contribution in [0.5, 0.6) is 0 Å². The maximum absolute atomic E-state index is 12.2. The molecule has 1 aliphatic heterocycles. The molecule has 1 aliphatic rings. The highest BCUT2D eigenvalue weighted by Gasteiger charge is 2.49. The minimum absolute atomic E-state index is 0.0730. The summed E-state index contributed by atoms with van der Waals surface area (Å²) in [6, 6.07) is 28.7. The zero-order valence-electron chi connectivity index (χ0n) is 19.6. The van der Waals surface area contributed by atoms with Crippen LogP contribution in [0.1, 0.15) is 26.3 Å². The van der Waals surface area contributed by atoms with Gasteiger partial charge in [0.15, 0.2) is 0 Å². The third kappa shape index (κ3) is 4.58. The van der Waals surface area contributed by atoms with Crippen molar-refractivity contribution in [3.8, 4) is 0 Å². The Labute approximate surface area is 210 Å². The minimum Gasteiger partial charge on any atom is -0.407 e. The van der Waals surface area contributed by atoms with Crippen LogP contribution in [0.2, 0.25) is 5.04 Å². The Hall–Kier alpha value is -2.80. The smallest absolute Gasteiger partial charge is 0.272 e. The molecule has 34 heavy (non-hydrogen) atoms. The SMILES string of the molecule is CC(C)(C)[Si](OCCc1ccc(N2C(=O)C=C(Br)C2=O)cc1)(c1ccccc1)c1ccccc1. The summed E-state index contributed by atoms with van der Waals surface area (Å²) in [5.41, 5.74) is 1.66. The van der Waals surface area contributed by atoms with E-state index in [0.717, 1.165) is 12.0 Å². The molecule has 174 valence electrons. The molecule has 0 aliphatic carbocycles. The maximum Gasteiger partial charge on any atom is 0.272 e. The van der Waals surface area contributed by atoms with Crippen molar-refractivity contribution in [1.29, 1.82) is 0 Å². The second kappa shape index (κ2) is 9.82. The molecule has 4 nitrogen and oxygen atoms in total. The van der Waals surface area contributed by atoms with Crippen LogP contribution in [0.25, 0.3) is 0 Å². The van der Waals surface area contributed by atoms with Gasteiger partial charge in [-0.2, -0.15) is 0 Å². The normalized spacial score (nSPS) is 14.5. The summed E-state index contributed by atoms with van der Waals surface area (Å²) in [5.74, 6) is -0.674. The summed E-state index contributed by atoms with van der Waals surface area (Å²) in [7, 11) is -2.57. The lowest BCUT2D eigenvalue weighted by atomic mass is 10.1. The number of hydrogen-bond acceptors (Lipinski definition) is 3. The molecule has 0 atom stereocenters. The van der Waals surface area contributed by atoms with Gasteiger partial charge in [0.05, 0.1) is 10.2 Å². The van der Waals surface area contributed by atoms with Gasteiger partial charge in [-0.1, -0.05) is 93.6 Å². The predicted molar refractivity (Wildman–Crippen MR) is 143 cm³/mol. The third-order valence-corrected chi connectivity index (χ3v) is 11.8. The molecule has 0 saturated carbocycles. The summed E-state index contributed by atoms with van der Waals surface area (Å²) < 4.78 is 7.23. The first-order valence-electron chi connectivity index (χ1n) is 11.3. The number of anilines is 1. The van der Waals surface area contributed by atoms with Crippen molar-refractivity contribution in [1.82, 2.24) is 0 Å². The van der Waals surface area contributed by atoms with Crippen molar-refractivity contribution in [2.75, 3.05) is 11.5 Å². The Kier molecular flexibility index (Phi) is 7.03. The Morgan fingerprint density at radius 2 is 1.35 bits per heavy atom. The van der Waals surface area contributed by atoms with Gasteiger partial charge in [-0.3, -0.25) is 9.59 Å². The number of carbonyl (C=O) groups excluding carboxylic acids is 2.